The van der Waals surface area contributed by atoms with Gasteiger partial charge in [-0.15, -0.1) is 5.43 Å². The fraction of sp³-hybridized carbons (Fsp3) is 0.333. The molecule has 3 nitrogen and oxygen atoms in total. The van der Waals surface area contributed by atoms with E-state index in [-0.39, 0.29) is 16.3 Å². The number of hydrogen-bond acceptors (Lipinski definition) is 3. The predicted molar refractivity (Wildman–Crippen MR) is 109 cm³/mol. The van der Waals surface area contributed by atoms with Gasteiger partial charge in [0, 0.05) is 15.6 Å². The molecule has 0 fully saturated rings. The standard InChI is InChI=1S/C18H21BrClF2N2OS/c1-3-6-13-9-14(19)10-16(20)17(13)24(25,26)23-11-18(21,22)15-8-5-4-7-12(15)2/h4-5,7-10,23,25-26H,3,6,11H2,1-2H3/q+1. The number of thiol groups is 1. The Hall–Kier alpha value is -0.700. The molecule has 2 rings (SSSR count). The second-order valence-corrected chi connectivity index (χ2v) is 8.00. The molecular formula is C18H21BrClF2N2OS+. The van der Waals surface area contributed by atoms with Gasteiger partial charge in [0.1, 0.15) is 24.4 Å². The van der Waals surface area contributed by atoms with E-state index in [0.29, 0.717) is 12.0 Å². The quantitative estimate of drug-likeness (QED) is 0.258. The van der Waals surface area contributed by atoms with Crippen molar-refractivity contribution in [1.82, 2.24) is 9.59 Å². The lowest BCUT2D eigenvalue weighted by molar-refractivity contribution is -0.0717. The van der Waals surface area contributed by atoms with Crippen LogP contribution in [0.3, 0.4) is 0 Å². The van der Waals surface area contributed by atoms with Crippen molar-refractivity contribution in [3.05, 3.63) is 62.6 Å². The van der Waals surface area contributed by atoms with E-state index in [4.69, 9.17) is 11.6 Å². The summed E-state index contributed by atoms with van der Waals surface area (Å²) in [7, 11) is 0. The van der Waals surface area contributed by atoms with Crippen LogP contribution in [0.15, 0.2) is 40.9 Å². The van der Waals surface area contributed by atoms with Gasteiger partial charge in [0.15, 0.2) is 0 Å². The van der Waals surface area contributed by atoms with Crippen LogP contribution in [0.5, 0.6) is 0 Å². The van der Waals surface area contributed by atoms with E-state index < -0.39 is 16.6 Å². The Bertz CT molecular complexity index is 790. The van der Waals surface area contributed by atoms with Crippen LogP contribution in [0.1, 0.15) is 30.0 Å². The first-order chi connectivity index (χ1) is 12.1. The molecule has 26 heavy (non-hydrogen) atoms. The Kier molecular flexibility index (Phi) is 7.10. The minimum Gasteiger partial charge on any atom is -0.200 e. The van der Waals surface area contributed by atoms with Crippen LogP contribution in [-0.4, -0.2) is 11.8 Å². The van der Waals surface area contributed by atoms with Gasteiger partial charge in [-0.2, -0.15) is 14.0 Å². The molecule has 2 aromatic carbocycles. The van der Waals surface area contributed by atoms with Crippen molar-refractivity contribution >= 4 is 46.0 Å². The highest BCUT2D eigenvalue weighted by atomic mass is 79.9. The number of aryl methyl sites for hydroxylation is 2. The highest BCUT2D eigenvalue weighted by Gasteiger charge is 2.39. The van der Waals surface area contributed by atoms with Crippen LogP contribution >= 0.6 is 40.3 Å². The molecule has 0 spiro atoms. The molecule has 1 unspecified atom stereocenters. The lowest BCUT2D eigenvalue weighted by atomic mass is 10.0. The van der Waals surface area contributed by atoms with Crippen molar-refractivity contribution < 1.29 is 14.0 Å². The molecule has 0 radical (unpaired) electrons. The van der Waals surface area contributed by atoms with E-state index in [9.17, 15) is 14.0 Å². The van der Waals surface area contributed by atoms with Crippen LogP contribution in [0.2, 0.25) is 5.02 Å². The number of alkyl halides is 2. The Morgan fingerprint density at radius 2 is 1.96 bits per heavy atom. The minimum absolute atomic E-state index is 0.100. The summed E-state index contributed by atoms with van der Waals surface area (Å²) >= 11 is 13.8. The lowest BCUT2D eigenvalue weighted by Gasteiger charge is -2.28. The van der Waals surface area contributed by atoms with Gasteiger partial charge in [-0.1, -0.05) is 65.1 Å². The van der Waals surface area contributed by atoms with E-state index in [1.54, 1.807) is 37.3 Å². The molecule has 0 saturated carbocycles. The first kappa shape index (κ1) is 21.6. The van der Waals surface area contributed by atoms with Crippen LogP contribution in [-0.2, 0) is 12.3 Å². The molecular weight excluding hydrogens is 446 g/mol. The number of nitrogens with one attached hydrogen (secondary N) is 1. The van der Waals surface area contributed by atoms with Crippen molar-refractivity contribution in [2.24, 2.45) is 0 Å². The molecule has 0 aliphatic carbocycles. The van der Waals surface area contributed by atoms with Gasteiger partial charge >= 0.3 is 0 Å². The van der Waals surface area contributed by atoms with Crippen molar-refractivity contribution in [1.29, 1.82) is 0 Å². The summed E-state index contributed by atoms with van der Waals surface area (Å²) in [5.74, 6) is -3.19. The molecule has 0 aromatic heterocycles. The van der Waals surface area contributed by atoms with Gasteiger partial charge in [0.2, 0.25) is 5.69 Å². The summed E-state index contributed by atoms with van der Waals surface area (Å²) < 4.78 is 28.7. The second-order valence-electron chi connectivity index (χ2n) is 6.10. The maximum atomic E-state index is 14.6. The maximum Gasteiger partial charge on any atom is 0.290 e. The van der Waals surface area contributed by atoms with E-state index in [1.165, 1.54) is 6.07 Å². The maximum absolute atomic E-state index is 14.6. The third-order valence-corrected chi connectivity index (χ3v) is 5.09. The largest absolute Gasteiger partial charge is 0.290 e. The summed E-state index contributed by atoms with van der Waals surface area (Å²) in [6.45, 7) is 2.79. The van der Waals surface area contributed by atoms with Crippen LogP contribution in [0.25, 0.3) is 0 Å². The molecule has 0 amide bonds. The highest BCUT2D eigenvalue weighted by Crippen LogP contribution is 2.38. The summed E-state index contributed by atoms with van der Waals surface area (Å²) in [4.78, 5) is 0. The Morgan fingerprint density at radius 3 is 2.58 bits per heavy atom. The minimum atomic E-state index is -3.19. The fourth-order valence-corrected chi connectivity index (χ4v) is 4.16. The molecule has 142 valence electrons. The number of benzene rings is 2. The fourth-order valence-electron chi connectivity index (χ4n) is 2.80. The first-order valence-corrected chi connectivity index (χ1v) is 9.67. The summed E-state index contributed by atoms with van der Waals surface area (Å²) in [5.41, 5.74) is 3.74. The van der Waals surface area contributed by atoms with E-state index in [0.717, 1.165) is 16.5 Å². The van der Waals surface area contributed by atoms with Gasteiger partial charge in [0.25, 0.3) is 5.92 Å². The van der Waals surface area contributed by atoms with Crippen molar-refractivity contribution in [3.8, 4) is 0 Å². The number of hydrogen-bond donors (Lipinski definition) is 3. The zero-order chi connectivity index (χ0) is 19.5. The molecule has 8 heteroatoms. The summed E-state index contributed by atoms with van der Waals surface area (Å²) in [6.07, 6.45) is 1.42. The second kappa shape index (κ2) is 8.54. The average molecular weight is 467 g/mol. The van der Waals surface area contributed by atoms with Gasteiger partial charge in [-0.05, 0) is 35.2 Å². The van der Waals surface area contributed by atoms with Gasteiger partial charge in [0.05, 0.1) is 0 Å². The van der Waals surface area contributed by atoms with Gasteiger partial charge < -0.3 is 0 Å². The molecule has 2 aromatic rings. The Morgan fingerprint density at radius 1 is 1.31 bits per heavy atom. The van der Waals surface area contributed by atoms with E-state index in [1.807, 2.05) is 6.92 Å². The SMILES string of the molecule is CCCc1cc(Br)cc(Cl)c1[N+](O)(S)NCC(F)(F)c1ccccc1C. The molecule has 0 aliphatic heterocycles. The van der Waals surface area contributed by atoms with E-state index >= 15 is 0 Å². The smallest absolute Gasteiger partial charge is 0.200 e. The average Bonchev–Trinajstić information content (AvgIpc) is 2.53. The lowest BCUT2D eigenvalue weighted by Crippen LogP contribution is -2.53. The van der Waals surface area contributed by atoms with Crippen LogP contribution < -0.4 is 9.59 Å². The topological polar surface area (TPSA) is 32.3 Å². The molecule has 2 N–H and O–H groups in total. The third kappa shape index (κ3) is 4.97. The van der Waals surface area contributed by atoms with Crippen molar-refractivity contribution in [3.63, 3.8) is 0 Å². The molecule has 1 atom stereocenters. The zero-order valence-electron chi connectivity index (χ0n) is 14.4. The highest BCUT2D eigenvalue weighted by molar-refractivity contribution is 9.10. The first-order valence-electron chi connectivity index (χ1n) is 8.10. The Labute approximate surface area is 171 Å². The van der Waals surface area contributed by atoms with Crippen molar-refractivity contribution in [2.75, 3.05) is 6.54 Å². The molecule has 0 saturated heterocycles. The van der Waals surface area contributed by atoms with Crippen LogP contribution in [0, 0.1) is 6.92 Å². The summed E-state index contributed by atoms with van der Waals surface area (Å²) in [6, 6.07) is 9.64. The van der Waals surface area contributed by atoms with Crippen LogP contribution in [0.4, 0.5) is 14.5 Å². The van der Waals surface area contributed by atoms with Gasteiger partial charge in [-0.3, -0.25) is 0 Å². The monoisotopic (exact) mass is 465 g/mol. The van der Waals surface area contributed by atoms with Gasteiger partial charge in [-0.25, -0.2) is 0 Å². The van der Waals surface area contributed by atoms with Crippen molar-refractivity contribution in [2.45, 2.75) is 32.6 Å². The number of nitrogens with zero attached hydrogens (tertiary/aromatic N) is 1. The number of rotatable bonds is 7. The molecule has 0 heterocycles. The van der Waals surface area contributed by atoms with E-state index in [2.05, 4.69) is 34.2 Å². The predicted octanol–water partition coefficient (Wildman–Crippen LogP) is 6.20. The zero-order valence-corrected chi connectivity index (χ0v) is 17.7. The Balaban J connectivity index is 2.30. The molecule has 0 aliphatic rings. The third-order valence-electron chi connectivity index (χ3n) is 4.00. The number of halogens is 4. The molecule has 0 bridgehead atoms. The number of quaternary nitrogens is 1. The summed E-state index contributed by atoms with van der Waals surface area (Å²) in [5, 5.41) is 10.9. The normalized spacial score (nSPS) is 14.3.